The highest BCUT2D eigenvalue weighted by Gasteiger charge is 2.16. The molecule has 1 N–H and O–H groups in total. The molecule has 0 aliphatic carbocycles. The van der Waals surface area contributed by atoms with Crippen LogP contribution < -0.4 is 10.9 Å². The number of rotatable bonds is 4. The number of aromatic nitrogens is 2. The largest absolute Gasteiger partial charge is 0.325 e. The zero-order valence-electron chi connectivity index (χ0n) is 14.8. The summed E-state index contributed by atoms with van der Waals surface area (Å²) in [5.74, 6) is 0.0540. The predicted octanol–water partition coefficient (Wildman–Crippen LogP) is 4.41. The van der Waals surface area contributed by atoms with E-state index in [0.717, 1.165) is 31.0 Å². The molecule has 0 bridgehead atoms. The summed E-state index contributed by atoms with van der Waals surface area (Å²) < 4.78 is 2.49. The zero-order chi connectivity index (χ0) is 19.0. The van der Waals surface area contributed by atoms with Gasteiger partial charge in [-0.15, -0.1) is 11.3 Å². The smallest absolute Gasteiger partial charge is 0.262 e. The van der Waals surface area contributed by atoms with Crippen LogP contribution in [-0.4, -0.2) is 21.2 Å². The minimum Gasteiger partial charge on any atom is -0.325 e. The van der Waals surface area contributed by atoms with Crippen LogP contribution in [0.5, 0.6) is 0 Å². The summed E-state index contributed by atoms with van der Waals surface area (Å²) in [6, 6.07) is 5.69. The summed E-state index contributed by atoms with van der Waals surface area (Å²) in [4.78, 5) is 31.3. The number of thiophene rings is 1. The van der Waals surface area contributed by atoms with Crippen molar-refractivity contribution in [3.63, 3.8) is 0 Å². The van der Waals surface area contributed by atoms with Crippen LogP contribution in [-0.2, 0) is 11.8 Å². The number of halogens is 1. The van der Waals surface area contributed by atoms with Crippen LogP contribution in [0.1, 0.15) is 16.0 Å². The minimum absolute atomic E-state index is 0.0662. The number of anilines is 1. The first-order chi connectivity index (χ1) is 12.3. The van der Waals surface area contributed by atoms with Crippen LogP contribution in [0, 0.1) is 20.8 Å². The van der Waals surface area contributed by atoms with Crippen LogP contribution in [0.15, 0.2) is 32.6 Å². The van der Waals surface area contributed by atoms with Crippen LogP contribution in [0.25, 0.3) is 10.2 Å². The highest BCUT2D eigenvalue weighted by atomic mass is 79.9. The Balaban J connectivity index is 1.78. The molecule has 3 aromatic rings. The fourth-order valence-electron chi connectivity index (χ4n) is 2.57. The number of carbonyl (C=O) groups excluding carboxylic acids is 1. The van der Waals surface area contributed by atoms with Crippen LogP contribution in [0.3, 0.4) is 0 Å². The molecule has 3 rings (SSSR count). The Morgan fingerprint density at radius 2 is 2.08 bits per heavy atom. The molecule has 0 radical (unpaired) electrons. The van der Waals surface area contributed by atoms with Gasteiger partial charge < -0.3 is 5.32 Å². The van der Waals surface area contributed by atoms with Gasteiger partial charge in [0.05, 0.1) is 11.1 Å². The SMILES string of the molecule is Cc1cc(Br)ccc1NC(=O)CSc1nc2sc(C)c(C)c2c(=O)n1C. The van der Waals surface area contributed by atoms with Crippen LogP contribution in [0.4, 0.5) is 5.69 Å². The second-order valence-corrected chi connectivity index (χ2v) is 9.08. The molecule has 136 valence electrons. The lowest BCUT2D eigenvalue weighted by Gasteiger charge is -2.10. The number of hydrogen-bond acceptors (Lipinski definition) is 5. The average Bonchev–Trinajstić information content (AvgIpc) is 2.86. The molecule has 0 aliphatic heterocycles. The van der Waals surface area contributed by atoms with Gasteiger partial charge in [0.1, 0.15) is 4.83 Å². The molecule has 2 heterocycles. The molecule has 0 saturated carbocycles. The van der Waals surface area contributed by atoms with E-state index in [1.165, 1.54) is 27.7 Å². The summed E-state index contributed by atoms with van der Waals surface area (Å²) in [5.41, 5.74) is 2.68. The lowest BCUT2D eigenvalue weighted by Crippen LogP contribution is -2.21. The number of nitrogens with one attached hydrogen (secondary N) is 1. The van der Waals surface area contributed by atoms with Crippen molar-refractivity contribution in [3.8, 4) is 0 Å². The van der Waals surface area contributed by atoms with Gasteiger partial charge in [0, 0.05) is 22.1 Å². The lowest BCUT2D eigenvalue weighted by molar-refractivity contribution is -0.113. The van der Waals surface area contributed by atoms with Gasteiger partial charge in [0.2, 0.25) is 5.91 Å². The summed E-state index contributed by atoms with van der Waals surface area (Å²) in [5, 5.41) is 4.12. The van der Waals surface area contributed by atoms with Crippen molar-refractivity contribution < 1.29 is 4.79 Å². The van der Waals surface area contributed by atoms with E-state index in [2.05, 4.69) is 26.2 Å². The second kappa shape index (κ2) is 7.54. The Labute approximate surface area is 168 Å². The molecule has 8 heteroatoms. The quantitative estimate of drug-likeness (QED) is 0.471. The molecular weight excluding hydrogens is 434 g/mol. The van der Waals surface area contributed by atoms with E-state index in [-0.39, 0.29) is 17.2 Å². The number of nitrogens with zero attached hydrogens (tertiary/aromatic N) is 2. The zero-order valence-corrected chi connectivity index (χ0v) is 18.1. The highest BCUT2D eigenvalue weighted by molar-refractivity contribution is 9.10. The normalized spacial score (nSPS) is 11.1. The van der Waals surface area contributed by atoms with E-state index in [1.807, 2.05) is 39.0 Å². The van der Waals surface area contributed by atoms with Gasteiger partial charge in [-0.2, -0.15) is 0 Å². The molecule has 1 amide bonds. The maximum absolute atomic E-state index is 12.6. The summed E-state index contributed by atoms with van der Waals surface area (Å²) in [7, 11) is 1.69. The fourth-order valence-corrected chi connectivity index (χ4v) is 4.89. The Kier molecular flexibility index (Phi) is 5.55. The number of thioether (sulfide) groups is 1. The fraction of sp³-hybridized carbons (Fsp3) is 0.278. The third-order valence-corrected chi connectivity index (χ3v) is 6.79. The van der Waals surface area contributed by atoms with Gasteiger partial charge in [-0.1, -0.05) is 27.7 Å². The van der Waals surface area contributed by atoms with E-state index in [4.69, 9.17) is 0 Å². The number of aryl methyl sites for hydroxylation is 3. The van der Waals surface area contributed by atoms with E-state index < -0.39 is 0 Å². The molecule has 0 atom stereocenters. The van der Waals surface area contributed by atoms with Gasteiger partial charge in [-0.3, -0.25) is 14.2 Å². The van der Waals surface area contributed by atoms with Crippen LogP contribution >= 0.6 is 39.0 Å². The number of carbonyl (C=O) groups is 1. The van der Waals surface area contributed by atoms with E-state index in [0.29, 0.717) is 10.5 Å². The molecule has 0 unspecified atom stereocenters. The standard InChI is InChI=1S/C18H18BrN3O2S2/c1-9-7-12(19)5-6-13(9)20-14(23)8-25-18-21-16-15(17(24)22(18)4)10(2)11(3)26-16/h5-7H,8H2,1-4H3,(H,20,23). The lowest BCUT2D eigenvalue weighted by atomic mass is 10.2. The third-order valence-electron chi connectivity index (χ3n) is 4.16. The monoisotopic (exact) mass is 451 g/mol. The molecule has 0 fully saturated rings. The van der Waals surface area contributed by atoms with E-state index in [1.54, 1.807) is 7.05 Å². The molecule has 1 aromatic carbocycles. The molecule has 2 aromatic heterocycles. The number of fused-ring (bicyclic) bond motifs is 1. The van der Waals surface area contributed by atoms with Gasteiger partial charge >= 0.3 is 0 Å². The third kappa shape index (κ3) is 3.72. The molecule has 0 spiro atoms. The van der Waals surface area contributed by atoms with Crippen molar-refractivity contribution in [3.05, 3.63) is 49.0 Å². The first-order valence-electron chi connectivity index (χ1n) is 7.93. The predicted molar refractivity (Wildman–Crippen MR) is 113 cm³/mol. The van der Waals surface area contributed by atoms with Gasteiger partial charge in [0.15, 0.2) is 5.16 Å². The number of amides is 1. The molecular formula is C18H18BrN3O2S2. The minimum atomic E-state index is -0.131. The summed E-state index contributed by atoms with van der Waals surface area (Å²) >= 11 is 6.19. The van der Waals surface area contributed by atoms with Gasteiger partial charge in [-0.25, -0.2) is 4.98 Å². The Bertz CT molecular complexity index is 1070. The van der Waals surface area contributed by atoms with Crippen molar-refractivity contribution in [2.24, 2.45) is 7.05 Å². The van der Waals surface area contributed by atoms with Crippen molar-refractivity contribution in [2.45, 2.75) is 25.9 Å². The molecule has 0 saturated heterocycles. The van der Waals surface area contributed by atoms with Crippen molar-refractivity contribution in [1.82, 2.24) is 9.55 Å². The van der Waals surface area contributed by atoms with Crippen molar-refractivity contribution in [2.75, 3.05) is 11.1 Å². The Hall–Kier alpha value is -1.64. The summed E-state index contributed by atoms with van der Waals surface area (Å²) in [6.45, 7) is 5.87. The highest BCUT2D eigenvalue weighted by Crippen LogP contribution is 2.28. The molecule has 0 aliphatic rings. The first-order valence-corrected chi connectivity index (χ1v) is 10.5. The Morgan fingerprint density at radius 3 is 2.77 bits per heavy atom. The van der Waals surface area contributed by atoms with E-state index >= 15 is 0 Å². The summed E-state index contributed by atoms with van der Waals surface area (Å²) in [6.07, 6.45) is 0. The topological polar surface area (TPSA) is 64.0 Å². The van der Waals surface area contributed by atoms with Gasteiger partial charge in [-0.05, 0) is 50.1 Å². The second-order valence-electron chi connectivity index (χ2n) is 6.02. The Morgan fingerprint density at radius 1 is 1.35 bits per heavy atom. The average molecular weight is 452 g/mol. The van der Waals surface area contributed by atoms with Crippen molar-refractivity contribution >= 4 is 60.8 Å². The van der Waals surface area contributed by atoms with E-state index in [9.17, 15) is 9.59 Å². The number of benzene rings is 1. The molecule has 5 nitrogen and oxygen atoms in total. The van der Waals surface area contributed by atoms with Crippen LogP contribution in [0.2, 0.25) is 0 Å². The first kappa shape index (κ1) is 19.1. The number of hydrogen-bond donors (Lipinski definition) is 1. The molecule has 26 heavy (non-hydrogen) atoms. The van der Waals surface area contributed by atoms with Crippen molar-refractivity contribution in [1.29, 1.82) is 0 Å². The maximum atomic E-state index is 12.6. The van der Waals surface area contributed by atoms with Gasteiger partial charge in [0.25, 0.3) is 5.56 Å². The maximum Gasteiger partial charge on any atom is 0.262 e.